The summed E-state index contributed by atoms with van der Waals surface area (Å²) in [5.74, 6) is -0.408. The first-order valence-electron chi connectivity index (χ1n) is 5.88. The molecule has 0 radical (unpaired) electrons. The zero-order valence-corrected chi connectivity index (χ0v) is 12.7. The molecular formula is C12H13BrClN3O2. The number of aromatic nitrogens is 1. The van der Waals surface area contributed by atoms with Gasteiger partial charge in [0.15, 0.2) is 0 Å². The van der Waals surface area contributed by atoms with Crippen LogP contribution in [-0.4, -0.2) is 41.3 Å². The summed E-state index contributed by atoms with van der Waals surface area (Å²) in [7, 11) is 1.57. The molecule has 19 heavy (non-hydrogen) atoms. The fourth-order valence-electron chi connectivity index (χ4n) is 2.18. The average Bonchev–Trinajstić information content (AvgIpc) is 2.89. The normalized spacial score (nSPS) is 18.5. The predicted molar refractivity (Wildman–Crippen MR) is 75.1 cm³/mol. The first-order valence-corrected chi connectivity index (χ1v) is 7.05. The Hall–Kier alpha value is -1.14. The molecule has 1 unspecified atom stereocenters. The number of pyridine rings is 1. The fraction of sp³-hybridized carbons (Fsp3) is 0.417. The van der Waals surface area contributed by atoms with Gasteiger partial charge in [0.1, 0.15) is 11.2 Å². The quantitative estimate of drug-likeness (QED) is 0.831. The molecule has 0 saturated carbocycles. The van der Waals surface area contributed by atoms with Crippen LogP contribution < -0.4 is 5.32 Å². The molecule has 1 atom stereocenters. The molecule has 0 spiro atoms. The molecule has 7 heteroatoms. The van der Waals surface area contributed by atoms with Crippen LogP contribution in [0.15, 0.2) is 16.7 Å². The standard InChI is InChI=1S/C12H13BrClN3O2/c1-15-11(18)9-3-2-4-17(9)12(19)8-5-7(13)6-16-10(8)14/h5-6,9H,2-4H2,1H3,(H,15,18). The lowest BCUT2D eigenvalue weighted by atomic mass is 10.2. The van der Waals surface area contributed by atoms with Crippen LogP contribution in [0.2, 0.25) is 5.15 Å². The van der Waals surface area contributed by atoms with Crippen molar-refractivity contribution in [1.82, 2.24) is 15.2 Å². The lowest BCUT2D eigenvalue weighted by molar-refractivity contribution is -0.124. The highest BCUT2D eigenvalue weighted by molar-refractivity contribution is 9.10. The van der Waals surface area contributed by atoms with E-state index >= 15 is 0 Å². The predicted octanol–water partition coefficient (Wildman–Crippen LogP) is 1.85. The lowest BCUT2D eigenvalue weighted by Crippen LogP contribution is -2.45. The van der Waals surface area contributed by atoms with Crippen molar-refractivity contribution in [1.29, 1.82) is 0 Å². The summed E-state index contributed by atoms with van der Waals surface area (Å²) < 4.78 is 0.677. The van der Waals surface area contributed by atoms with Gasteiger partial charge in [-0.2, -0.15) is 0 Å². The van der Waals surface area contributed by atoms with Crippen LogP contribution >= 0.6 is 27.5 Å². The number of halogens is 2. The average molecular weight is 347 g/mol. The highest BCUT2D eigenvalue weighted by atomic mass is 79.9. The van der Waals surface area contributed by atoms with Crippen LogP contribution in [-0.2, 0) is 4.79 Å². The number of nitrogens with one attached hydrogen (secondary N) is 1. The number of likely N-dealkylation sites (tertiary alicyclic amines) is 1. The molecule has 5 nitrogen and oxygen atoms in total. The van der Waals surface area contributed by atoms with E-state index < -0.39 is 6.04 Å². The third-order valence-corrected chi connectivity index (χ3v) is 3.83. The fourth-order valence-corrected chi connectivity index (χ4v) is 2.69. The second-order valence-electron chi connectivity index (χ2n) is 4.26. The van der Waals surface area contributed by atoms with Gasteiger partial charge in [-0.05, 0) is 34.8 Å². The number of hydrogen-bond donors (Lipinski definition) is 1. The summed E-state index contributed by atoms with van der Waals surface area (Å²) in [5, 5.41) is 2.73. The Balaban J connectivity index is 2.28. The van der Waals surface area contributed by atoms with E-state index in [9.17, 15) is 9.59 Å². The molecule has 2 heterocycles. The van der Waals surface area contributed by atoms with Crippen molar-refractivity contribution in [2.45, 2.75) is 18.9 Å². The minimum Gasteiger partial charge on any atom is -0.357 e. The summed E-state index contributed by atoms with van der Waals surface area (Å²) in [6.07, 6.45) is 3.01. The zero-order chi connectivity index (χ0) is 14.0. The smallest absolute Gasteiger partial charge is 0.257 e. The van der Waals surface area contributed by atoms with Crippen molar-refractivity contribution < 1.29 is 9.59 Å². The first-order chi connectivity index (χ1) is 9.04. The van der Waals surface area contributed by atoms with Gasteiger partial charge in [0.05, 0.1) is 5.56 Å². The molecule has 102 valence electrons. The van der Waals surface area contributed by atoms with Crippen molar-refractivity contribution >= 4 is 39.3 Å². The van der Waals surface area contributed by atoms with Gasteiger partial charge in [0.2, 0.25) is 5.91 Å². The van der Waals surface area contributed by atoms with Gasteiger partial charge in [-0.15, -0.1) is 0 Å². The Labute approximate surface area is 124 Å². The molecule has 0 aliphatic carbocycles. The third-order valence-electron chi connectivity index (χ3n) is 3.10. The minimum atomic E-state index is -0.424. The number of amides is 2. The highest BCUT2D eigenvalue weighted by Crippen LogP contribution is 2.24. The van der Waals surface area contributed by atoms with E-state index in [4.69, 9.17) is 11.6 Å². The number of hydrogen-bond acceptors (Lipinski definition) is 3. The Morgan fingerprint density at radius 1 is 1.58 bits per heavy atom. The van der Waals surface area contributed by atoms with Crippen LogP contribution in [0.25, 0.3) is 0 Å². The van der Waals surface area contributed by atoms with E-state index in [0.29, 0.717) is 23.0 Å². The molecule has 1 aromatic heterocycles. The monoisotopic (exact) mass is 345 g/mol. The lowest BCUT2D eigenvalue weighted by Gasteiger charge is -2.23. The topological polar surface area (TPSA) is 62.3 Å². The summed E-state index contributed by atoms with van der Waals surface area (Å²) in [5.41, 5.74) is 0.312. The number of nitrogens with zero attached hydrogens (tertiary/aromatic N) is 2. The molecule has 2 amide bonds. The highest BCUT2D eigenvalue weighted by Gasteiger charge is 2.34. The Morgan fingerprint density at radius 3 is 3.00 bits per heavy atom. The van der Waals surface area contributed by atoms with Crippen LogP contribution in [0, 0.1) is 0 Å². The second-order valence-corrected chi connectivity index (χ2v) is 5.54. The van der Waals surface area contributed by atoms with Crippen LogP contribution in [0.3, 0.4) is 0 Å². The minimum absolute atomic E-state index is 0.148. The SMILES string of the molecule is CNC(=O)C1CCCN1C(=O)c1cc(Br)cnc1Cl. The van der Waals surface area contributed by atoms with Crippen molar-refractivity contribution in [3.8, 4) is 0 Å². The zero-order valence-electron chi connectivity index (χ0n) is 10.3. The van der Waals surface area contributed by atoms with Crippen LogP contribution in [0.5, 0.6) is 0 Å². The van der Waals surface area contributed by atoms with E-state index in [1.165, 1.54) is 6.20 Å². The number of carbonyl (C=O) groups is 2. The maximum absolute atomic E-state index is 12.5. The second kappa shape index (κ2) is 5.88. The molecule has 0 bridgehead atoms. The maximum atomic E-state index is 12.5. The largest absolute Gasteiger partial charge is 0.357 e. The number of carbonyl (C=O) groups excluding carboxylic acids is 2. The molecule has 1 saturated heterocycles. The maximum Gasteiger partial charge on any atom is 0.257 e. The van der Waals surface area contributed by atoms with Crippen molar-refractivity contribution in [3.63, 3.8) is 0 Å². The summed E-state index contributed by atoms with van der Waals surface area (Å²) in [4.78, 5) is 29.7. The van der Waals surface area contributed by atoms with Crippen molar-refractivity contribution in [2.75, 3.05) is 13.6 Å². The first kappa shape index (κ1) is 14.3. The Bertz CT molecular complexity index is 524. The number of rotatable bonds is 2. The van der Waals surface area contributed by atoms with E-state index in [1.54, 1.807) is 18.0 Å². The van der Waals surface area contributed by atoms with E-state index in [0.717, 1.165) is 6.42 Å². The summed E-state index contributed by atoms with van der Waals surface area (Å²) in [6.45, 7) is 0.555. The van der Waals surface area contributed by atoms with Crippen molar-refractivity contribution in [3.05, 3.63) is 27.5 Å². The molecule has 1 fully saturated rings. The van der Waals surface area contributed by atoms with Crippen LogP contribution in [0.4, 0.5) is 0 Å². The number of likely N-dealkylation sites (N-methyl/N-ethyl adjacent to an activating group) is 1. The van der Waals surface area contributed by atoms with E-state index in [-0.39, 0.29) is 17.0 Å². The van der Waals surface area contributed by atoms with Gasteiger partial charge in [-0.25, -0.2) is 4.98 Å². The van der Waals surface area contributed by atoms with Gasteiger partial charge < -0.3 is 10.2 Å². The van der Waals surface area contributed by atoms with Gasteiger partial charge in [0, 0.05) is 24.3 Å². The van der Waals surface area contributed by atoms with E-state index in [2.05, 4.69) is 26.2 Å². The molecule has 2 rings (SSSR count). The molecule has 0 aromatic carbocycles. The molecule has 1 aromatic rings. The van der Waals surface area contributed by atoms with Gasteiger partial charge >= 0.3 is 0 Å². The van der Waals surface area contributed by atoms with Gasteiger partial charge in [-0.1, -0.05) is 11.6 Å². The Morgan fingerprint density at radius 2 is 2.32 bits per heavy atom. The molecular weight excluding hydrogens is 334 g/mol. The van der Waals surface area contributed by atoms with Crippen LogP contribution in [0.1, 0.15) is 23.2 Å². The molecule has 1 aliphatic heterocycles. The van der Waals surface area contributed by atoms with Gasteiger partial charge in [-0.3, -0.25) is 9.59 Å². The van der Waals surface area contributed by atoms with E-state index in [1.807, 2.05) is 0 Å². The molecule has 1 aliphatic rings. The Kier molecular flexibility index (Phi) is 4.42. The summed E-state index contributed by atoms with van der Waals surface area (Å²) in [6, 6.07) is 1.20. The molecule has 1 N–H and O–H groups in total. The van der Waals surface area contributed by atoms with Gasteiger partial charge in [0.25, 0.3) is 5.91 Å². The third kappa shape index (κ3) is 2.90. The summed E-state index contributed by atoms with van der Waals surface area (Å²) >= 11 is 9.21. The van der Waals surface area contributed by atoms with Crippen molar-refractivity contribution in [2.24, 2.45) is 0 Å².